The summed E-state index contributed by atoms with van der Waals surface area (Å²) in [7, 11) is 0. The summed E-state index contributed by atoms with van der Waals surface area (Å²) in [6.45, 7) is 10.0. The van der Waals surface area contributed by atoms with Crippen molar-refractivity contribution in [3.05, 3.63) is 65.0 Å². The molecule has 2 nitrogen and oxygen atoms in total. The van der Waals surface area contributed by atoms with Gasteiger partial charge in [0.25, 0.3) is 0 Å². The topological polar surface area (TPSA) is 22.1 Å². The average Bonchev–Trinajstić information content (AvgIpc) is 2.52. The minimum Gasteiger partial charge on any atom is -0.373 e. The second kappa shape index (κ2) is 11.8. The summed E-state index contributed by atoms with van der Waals surface area (Å²) in [5.74, 6) is 0. The third-order valence-corrected chi connectivity index (χ3v) is 3.66. The van der Waals surface area contributed by atoms with Crippen LogP contribution in [-0.4, -0.2) is 11.6 Å². The van der Waals surface area contributed by atoms with Gasteiger partial charge in [0.15, 0.2) is 0 Å². The summed E-state index contributed by atoms with van der Waals surface area (Å²) in [4.78, 5) is 4.08. The van der Waals surface area contributed by atoms with Crippen LogP contribution in [0.1, 0.15) is 58.9 Å². The normalized spacial score (nSPS) is 12.3. The predicted molar refractivity (Wildman–Crippen MR) is 99.3 cm³/mol. The Morgan fingerprint density at radius 2 is 1.70 bits per heavy atom. The van der Waals surface area contributed by atoms with E-state index in [0.717, 1.165) is 24.8 Å². The number of hydrogen-bond acceptors (Lipinski definition) is 2. The maximum atomic E-state index is 5.66. The summed E-state index contributed by atoms with van der Waals surface area (Å²) in [6.07, 6.45) is 15.0. The Balaban J connectivity index is 2.17. The monoisotopic (exact) mass is 313 g/mol. The van der Waals surface area contributed by atoms with Gasteiger partial charge in [0.05, 0.1) is 13.2 Å². The summed E-state index contributed by atoms with van der Waals surface area (Å²) in [5, 5.41) is 0. The van der Waals surface area contributed by atoms with E-state index in [1.165, 1.54) is 23.1 Å². The van der Waals surface area contributed by atoms with Gasteiger partial charge in [-0.2, -0.15) is 0 Å². The van der Waals surface area contributed by atoms with Crippen molar-refractivity contribution in [1.29, 1.82) is 0 Å². The van der Waals surface area contributed by atoms with E-state index in [-0.39, 0.29) is 0 Å². The molecule has 0 fully saturated rings. The number of allylic oxidation sites excluding steroid dienone is 5. The number of pyridine rings is 1. The van der Waals surface area contributed by atoms with Crippen molar-refractivity contribution in [2.45, 2.75) is 60.0 Å². The van der Waals surface area contributed by atoms with Gasteiger partial charge in [-0.1, -0.05) is 41.0 Å². The first-order chi connectivity index (χ1) is 11.1. The molecule has 0 radical (unpaired) electrons. The Morgan fingerprint density at radius 1 is 1.00 bits per heavy atom. The summed E-state index contributed by atoms with van der Waals surface area (Å²) < 4.78 is 5.66. The van der Waals surface area contributed by atoms with Crippen molar-refractivity contribution < 1.29 is 4.74 Å². The minimum absolute atomic E-state index is 0.626. The molecule has 0 aliphatic rings. The summed E-state index contributed by atoms with van der Waals surface area (Å²) in [6, 6.07) is 3.97. The van der Waals surface area contributed by atoms with E-state index in [0.29, 0.717) is 13.2 Å². The SMILES string of the molecule is CC(C)=CCC/C(C)=C/CC/C(C)=C/COCc1cccnc1. The fraction of sp³-hybridized carbons (Fsp3) is 0.476. The van der Waals surface area contributed by atoms with Crippen molar-refractivity contribution in [2.24, 2.45) is 0 Å². The zero-order valence-corrected chi connectivity index (χ0v) is 15.1. The van der Waals surface area contributed by atoms with Crippen molar-refractivity contribution in [1.82, 2.24) is 4.98 Å². The predicted octanol–water partition coefficient (Wildman–Crippen LogP) is 6.02. The Hall–Kier alpha value is -1.67. The van der Waals surface area contributed by atoms with E-state index in [9.17, 15) is 0 Å². The second-order valence-corrected chi connectivity index (χ2v) is 6.34. The van der Waals surface area contributed by atoms with Crippen LogP contribution in [0.25, 0.3) is 0 Å². The zero-order valence-electron chi connectivity index (χ0n) is 15.1. The molecular weight excluding hydrogens is 282 g/mol. The van der Waals surface area contributed by atoms with Gasteiger partial charge in [-0.05, 0) is 65.0 Å². The van der Waals surface area contributed by atoms with Crippen LogP contribution in [0.5, 0.6) is 0 Å². The molecule has 0 aromatic carbocycles. The Kier molecular flexibility index (Phi) is 9.97. The minimum atomic E-state index is 0.626. The van der Waals surface area contributed by atoms with Crippen molar-refractivity contribution in [3.8, 4) is 0 Å². The number of aromatic nitrogens is 1. The molecule has 0 aliphatic carbocycles. The van der Waals surface area contributed by atoms with E-state index >= 15 is 0 Å². The third-order valence-electron chi connectivity index (χ3n) is 3.66. The molecule has 1 rings (SSSR count). The highest BCUT2D eigenvalue weighted by Gasteiger charge is 1.94. The van der Waals surface area contributed by atoms with Crippen LogP contribution < -0.4 is 0 Å². The van der Waals surface area contributed by atoms with Crippen molar-refractivity contribution in [2.75, 3.05) is 6.61 Å². The molecule has 0 saturated carbocycles. The van der Waals surface area contributed by atoms with E-state index in [1.807, 2.05) is 18.3 Å². The quantitative estimate of drug-likeness (QED) is 0.389. The van der Waals surface area contributed by atoms with Crippen LogP contribution in [0.4, 0.5) is 0 Å². The van der Waals surface area contributed by atoms with Crippen LogP contribution in [0.15, 0.2) is 59.5 Å². The summed E-state index contributed by atoms with van der Waals surface area (Å²) in [5.41, 5.74) is 5.41. The molecule has 23 heavy (non-hydrogen) atoms. The van der Waals surface area contributed by atoms with Gasteiger partial charge in [0, 0.05) is 12.4 Å². The van der Waals surface area contributed by atoms with Gasteiger partial charge in [-0.15, -0.1) is 0 Å². The van der Waals surface area contributed by atoms with Gasteiger partial charge in [0.2, 0.25) is 0 Å². The molecule has 0 aliphatic heterocycles. The molecule has 0 saturated heterocycles. The molecule has 1 aromatic heterocycles. The highest BCUT2D eigenvalue weighted by atomic mass is 16.5. The molecule has 0 spiro atoms. The van der Waals surface area contributed by atoms with Crippen molar-refractivity contribution in [3.63, 3.8) is 0 Å². The van der Waals surface area contributed by atoms with Gasteiger partial charge >= 0.3 is 0 Å². The lowest BCUT2D eigenvalue weighted by Gasteiger charge is -2.03. The standard InChI is InChI=1S/C21H31NO/c1-18(2)8-5-9-19(3)10-6-11-20(4)13-15-23-17-21-12-7-14-22-16-21/h7-8,10,12-14,16H,5-6,9,11,15,17H2,1-4H3/b19-10+,20-13+. The molecule has 0 atom stereocenters. The fourth-order valence-corrected chi connectivity index (χ4v) is 2.20. The van der Waals surface area contributed by atoms with Gasteiger partial charge in [-0.25, -0.2) is 0 Å². The Morgan fingerprint density at radius 3 is 2.35 bits per heavy atom. The number of hydrogen-bond donors (Lipinski definition) is 0. The number of nitrogens with zero attached hydrogens (tertiary/aromatic N) is 1. The van der Waals surface area contributed by atoms with Gasteiger partial charge in [-0.3, -0.25) is 4.98 Å². The molecule has 0 unspecified atom stereocenters. The Bertz CT molecular complexity index is 522. The largest absolute Gasteiger partial charge is 0.373 e. The number of rotatable bonds is 10. The van der Waals surface area contributed by atoms with E-state index in [1.54, 1.807) is 6.20 Å². The van der Waals surface area contributed by atoms with Gasteiger partial charge in [0.1, 0.15) is 0 Å². The first-order valence-corrected chi connectivity index (χ1v) is 8.49. The lowest BCUT2D eigenvalue weighted by Crippen LogP contribution is -1.94. The molecule has 2 heteroatoms. The highest BCUT2D eigenvalue weighted by molar-refractivity contribution is 5.07. The van der Waals surface area contributed by atoms with Crippen LogP contribution in [0, 0.1) is 0 Å². The second-order valence-electron chi connectivity index (χ2n) is 6.34. The van der Waals surface area contributed by atoms with Crippen LogP contribution >= 0.6 is 0 Å². The summed E-state index contributed by atoms with van der Waals surface area (Å²) >= 11 is 0. The zero-order chi connectivity index (χ0) is 16.9. The highest BCUT2D eigenvalue weighted by Crippen LogP contribution is 2.11. The van der Waals surface area contributed by atoms with Crippen LogP contribution in [-0.2, 0) is 11.3 Å². The first kappa shape index (κ1) is 19.4. The molecule has 0 N–H and O–H groups in total. The van der Waals surface area contributed by atoms with E-state index < -0.39 is 0 Å². The smallest absolute Gasteiger partial charge is 0.0736 e. The van der Waals surface area contributed by atoms with Gasteiger partial charge < -0.3 is 4.74 Å². The molecular formula is C21H31NO. The molecule has 1 aromatic rings. The Labute approximate surface area is 142 Å². The molecule has 1 heterocycles. The maximum absolute atomic E-state index is 5.66. The maximum Gasteiger partial charge on any atom is 0.0736 e. The lowest BCUT2D eigenvalue weighted by atomic mass is 10.1. The fourth-order valence-electron chi connectivity index (χ4n) is 2.20. The molecule has 126 valence electrons. The van der Waals surface area contributed by atoms with E-state index in [4.69, 9.17) is 4.74 Å². The van der Waals surface area contributed by atoms with E-state index in [2.05, 4.69) is 50.9 Å². The van der Waals surface area contributed by atoms with Crippen molar-refractivity contribution >= 4 is 0 Å². The molecule has 0 amide bonds. The van der Waals surface area contributed by atoms with Crippen LogP contribution in [0.2, 0.25) is 0 Å². The van der Waals surface area contributed by atoms with Crippen LogP contribution in [0.3, 0.4) is 0 Å². The third kappa shape index (κ3) is 10.6. The lowest BCUT2D eigenvalue weighted by molar-refractivity contribution is 0.148. The molecule has 0 bridgehead atoms. The first-order valence-electron chi connectivity index (χ1n) is 8.49. The average molecular weight is 313 g/mol. The number of ether oxygens (including phenoxy) is 1.